The molecule has 1 aliphatic rings. The number of hydrogen-bond donors (Lipinski definition) is 0. The van der Waals surface area contributed by atoms with Crippen molar-refractivity contribution in [1.29, 1.82) is 0 Å². The molecule has 1 aromatic carbocycles. The molecule has 0 unspecified atom stereocenters. The number of carbonyl (C=O) groups is 2. The van der Waals surface area contributed by atoms with Crippen molar-refractivity contribution in [2.24, 2.45) is 0 Å². The Labute approximate surface area is 174 Å². The number of aryl methyl sites for hydroxylation is 2. The normalized spacial score (nSPS) is 15.2. The van der Waals surface area contributed by atoms with Crippen molar-refractivity contribution in [1.82, 2.24) is 14.8 Å². The van der Waals surface area contributed by atoms with E-state index < -0.39 is 0 Å². The van der Waals surface area contributed by atoms with E-state index in [1.54, 1.807) is 24.3 Å². The maximum absolute atomic E-state index is 12.6. The van der Waals surface area contributed by atoms with Crippen molar-refractivity contribution in [2.75, 3.05) is 26.2 Å². The fourth-order valence-corrected chi connectivity index (χ4v) is 4.75. The van der Waals surface area contributed by atoms with Crippen LogP contribution in [0.3, 0.4) is 0 Å². The molecule has 0 saturated carbocycles. The number of rotatable bonds is 6. The number of piperazine rings is 1. The van der Waals surface area contributed by atoms with Crippen LogP contribution in [-0.4, -0.2) is 52.7 Å². The van der Waals surface area contributed by atoms with Crippen LogP contribution in [0, 0.1) is 6.92 Å². The first kappa shape index (κ1) is 19.8. The monoisotopic (exact) mass is 411 g/mol. The van der Waals surface area contributed by atoms with Gasteiger partial charge in [-0.25, -0.2) is 4.98 Å². The number of benzene rings is 1. The van der Waals surface area contributed by atoms with E-state index in [4.69, 9.17) is 9.40 Å². The van der Waals surface area contributed by atoms with Crippen molar-refractivity contribution in [3.8, 4) is 0 Å². The van der Waals surface area contributed by atoms with Crippen molar-refractivity contribution in [2.45, 2.75) is 33.2 Å². The van der Waals surface area contributed by atoms with Gasteiger partial charge in [-0.15, -0.1) is 11.3 Å². The molecule has 1 aliphatic heterocycles. The average Bonchev–Trinajstić information content (AvgIpc) is 3.29. The Morgan fingerprint density at radius 3 is 2.62 bits per heavy atom. The van der Waals surface area contributed by atoms with Crippen molar-refractivity contribution >= 4 is 33.2 Å². The Balaban J connectivity index is 1.26. The summed E-state index contributed by atoms with van der Waals surface area (Å²) in [5, 5.41) is 1.13. The van der Waals surface area contributed by atoms with Gasteiger partial charge in [0.15, 0.2) is 5.78 Å². The molecule has 0 bridgehead atoms. The summed E-state index contributed by atoms with van der Waals surface area (Å²) in [6, 6.07) is 9.97. The topological polar surface area (TPSA) is 66.7 Å². The van der Waals surface area contributed by atoms with Crippen LogP contribution in [0.1, 0.15) is 40.2 Å². The van der Waals surface area contributed by atoms with Crippen LogP contribution in [0.5, 0.6) is 0 Å². The van der Waals surface area contributed by atoms with Gasteiger partial charge in [-0.1, -0.05) is 12.1 Å². The number of nitrogens with zero attached hydrogens (tertiary/aromatic N) is 3. The highest BCUT2D eigenvalue weighted by molar-refractivity contribution is 7.18. The van der Waals surface area contributed by atoms with E-state index in [0.717, 1.165) is 43.2 Å². The van der Waals surface area contributed by atoms with Crippen LogP contribution in [0.4, 0.5) is 0 Å². The smallest absolute Gasteiger partial charge is 0.223 e. The van der Waals surface area contributed by atoms with Crippen LogP contribution in [0.2, 0.25) is 0 Å². The second-order valence-electron chi connectivity index (χ2n) is 7.47. The molecule has 0 aliphatic carbocycles. The molecule has 3 aromatic rings. The Hall–Kier alpha value is -2.51. The molecule has 0 spiro atoms. The minimum atomic E-state index is -0.00641. The molecular weight excluding hydrogens is 386 g/mol. The van der Waals surface area contributed by atoms with Gasteiger partial charge in [0.1, 0.15) is 16.5 Å². The van der Waals surface area contributed by atoms with Gasteiger partial charge < -0.3 is 9.32 Å². The number of para-hydroxylation sites is 1. The molecular formula is C22H25N3O3S. The largest absolute Gasteiger partial charge is 0.466 e. The van der Waals surface area contributed by atoms with Crippen LogP contribution in [0.25, 0.3) is 10.2 Å². The minimum Gasteiger partial charge on any atom is -0.466 e. The number of fused-ring (bicyclic) bond motifs is 1. The van der Waals surface area contributed by atoms with Crippen LogP contribution in [-0.2, 0) is 17.8 Å². The number of thiazole rings is 1. The number of carbonyl (C=O) groups excluding carboxylic acids is 2. The van der Waals surface area contributed by atoms with E-state index in [2.05, 4.69) is 11.0 Å². The Bertz CT molecular complexity index is 998. The quantitative estimate of drug-likeness (QED) is 0.579. The number of ketones is 1. The first-order valence-electron chi connectivity index (χ1n) is 9.94. The minimum absolute atomic E-state index is 0.00641. The molecule has 6 nitrogen and oxygen atoms in total. The SMILES string of the molecule is CC(=O)c1cc(CCC(=O)N2CCN(Cc3nc4ccccc4s3)CC2)oc1C. The molecule has 7 heteroatoms. The third kappa shape index (κ3) is 4.57. The predicted octanol–water partition coefficient (Wildman–Crippen LogP) is 3.68. The lowest BCUT2D eigenvalue weighted by atomic mass is 10.1. The standard InChI is InChI=1S/C22H25N3O3S/c1-15(26)18-13-17(28-16(18)2)7-8-22(27)25-11-9-24(10-12-25)14-21-23-19-5-3-4-6-20(19)29-21/h3-6,13H,7-12,14H2,1-2H3. The van der Waals surface area contributed by atoms with Crippen molar-refractivity contribution in [3.63, 3.8) is 0 Å². The van der Waals surface area contributed by atoms with Crippen molar-refractivity contribution < 1.29 is 14.0 Å². The zero-order chi connectivity index (χ0) is 20.4. The molecule has 4 rings (SSSR count). The van der Waals surface area contributed by atoms with E-state index in [1.165, 1.54) is 11.6 Å². The van der Waals surface area contributed by atoms with Gasteiger partial charge in [0.05, 0.1) is 22.3 Å². The molecule has 0 N–H and O–H groups in total. The summed E-state index contributed by atoms with van der Waals surface area (Å²) in [5.74, 6) is 1.47. The Morgan fingerprint density at radius 1 is 1.17 bits per heavy atom. The highest BCUT2D eigenvalue weighted by atomic mass is 32.1. The number of aromatic nitrogens is 1. The lowest BCUT2D eigenvalue weighted by Gasteiger charge is -2.34. The van der Waals surface area contributed by atoms with E-state index >= 15 is 0 Å². The lowest BCUT2D eigenvalue weighted by Crippen LogP contribution is -2.48. The van der Waals surface area contributed by atoms with Crippen LogP contribution in [0.15, 0.2) is 34.7 Å². The third-order valence-electron chi connectivity index (χ3n) is 5.36. The first-order valence-corrected chi connectivity index (χ1v) is 10.8. The highest BCUT2D eigenvalue weighted by Crippen LogP contribution is 2.23. The molecule has 3 heterocycles. The van der Waals surface area contributed by atoms with Gasteiger partial charge in [-0.3, -0.25) is 14.5 Å². The molecule has 152 valence electrons. The van der Waals surface area contributed by atoms with E-state index in [-0.39, 0.29) is 11.7 Å². The van der Waals surface area contributed by atoms with E-state index in [9.17, 15) is 9.59 Å². The summed E-state index contributed by atoms with van der Waals surface area (Å²) >= 11 is 1.74. The summed E-state index contributed by atoms with van der Waals surface area (Å²) in [4.78, 5) is 33.1. The van der Waals surface area contributed by atoms with Crippen molar-refractivity contribution in [3.05, 3.63) is 52.4 Å². The summed E-state index contributed by atoms with van der Waals surface area (Å²) in [5.41, 5.74) is 1.67. The van der Waals surface area contributed by atoms with Crippen LogP contribution >= 0.6 is 11.3 Å². The molecule has 0 atom stereocenters. The second-order valence-corrected chi connectivity index (χ2v) is 8.59. The highest BCUT2D eigenvalue weighted by Gasteiger charge is 2.22. The van der Waals surface area contributed by atoms with Crippen LogP contribution < -0.4 is 0 Å². The summed E-state index contributed by atoms with van der Waals surface area (Å²) in [6.45, 7) is 7.33. The fourth-order valence-electron chi connectivity index (χ4n) is 3.74. The third-order valence-corrected chi connectivity index (χ3v) is 6.38. The zero-order valence-electron chi connectivity index (χ0n) is 16.8. The molecule has 1 amide bonds. The molecule has 0 radical (unpaired) electrons. The van der Waals surface area contributed by atoms with Gasteiger partial charge in [0.2, 0.25) is 5.91 Å². The number of furan rings is 1. The molecule has 1 fully saturated rings. The van der Waals surface area contributed by atoms with E-state index in [0.29, 0.717) is 29.9 Å². The van der Waals surface area contributed by atoms with Gasteiger partial charge in [0.25, 0.3) is 0 Å². The van der Waals surface area contributed by atoms with Gasteiger partial charge in [0, 0.05) is 39.0 Å². The summed E-state index contributed by atoms with van der Waals surface area (Å²) in [6.07, 6.45) is 0.932. The zero-order valence-corrected chi connectivity index (χ0v) is 17.6. The van der Waals surface area contributed by atoms with E-state index in [1.807, 2.05) is 23.1 Å². The molecule has 29 heavy (non-hydrogen) atoms. The average molecular weight is 412 g/mol. The molecule has 1 saturated heterocycles. The lowest BCUT2D eigenvalue weighted by molar-refractivity contribution is -0.133. The number of Topliss-reactive ketones (excluding diaryl/α,β-unsaturated/α-hetero) is 1. The van der Waals surface area contributed by atoms with Gasteiger partial charge in [-0.05, 0) is 32.0 Å². The maximum Gasteiger partial charge on any atom is 0.223 e. The second kappa shape index (κ2) is 8.47. The fraction of sp³-hybridized carbons (Fsp3) is 0.409. The Morgan fingerprint density at radius 2 is 1.93 bits per heavy atom. The van der Waals surface area contributed by atoms with Gasteiger partial charge in [-0.2, -0.15) is 0 Å². The Kier molecular flexibility index (Phi) is 5.78. The first-order chi connectivity index (χ1) is 14.0. The number of amides is 1. The number of hydrogen-bond acceptors (Lipinski definition) is 6. The maximum atomic E-state index is 12.6. The summed E-state index contributed by atoms with van der Waals surface area (Å²) < 4.78 is 6.84. The molecule has 2 aromatic heterocycles. The predicted molar refractivity (Wildman–Crippen MR) is 113 cm³/mol. The van der Waals surface area contributed by atoms with Gasteiger partial charge >= 0.3 is 0 Å². The summed E-state index contributed by atoms with van der Waals surface area (Å²) in [7, 11) is 0.